The Kier molecular flexibility index (Phi) is 3.99. The van der Waals surface area contributed by atoms with E-state index in [2.05, 4.69) is 10.9 Å². The topological polar surface area (TPSA) is 59.6 Å². The standard InChI is InChI=1S/C7H14N2O3/c1-11-2-3-12-6-4-7(10)9-8-5-6/h6,8H,2-5H2,1H3,(H,9,10). The van der Waals surface area contributed by atoms with E-state index in [4.69, 9.17) is 9.47 Å². The Morgan fingerprint density at radius 1 is 1.58 bits per heavy atom. The zero-order valence-electron chi connectivity index (χ0n) is 7.13. The van der Waals surface area contributed by atoms with Crippen LogP contribution in [-0.2, 0) is 14.3 Å². The Balaban J connectivity index is 2.10. The summed E-state index contributed by atoms with van der Waals surface area (Å²) in [5.74, 6) is -0.0244. The molecule has 1 amide bonds. The molecule has 1 fully saturated rings. The van der Waals surface area contributed by atoms with Crippen LogP contribution in [0, 0.1) is 0 Å². The molecule has 1 heterocycles. The van der Waals surface area contributed by atoms with E-state index in [0.29, 0.717) is 26.2 Å². The third kappa shape index (κ3) is 3.17. The van der Waals surface area contributed by atoms with Crippen LogP contribution in [0.1, 0.15) is 6.42 Å². The molecule has 5 nitrogen and oxygen atoms in total. The molecule has 5 heteroatoms. The van der Waals surface area contributed by atoms with Crippen LogP contribution in [0.25, 0.3) is 0 Å². The first-order valence-corrected chi connectivity index (χ1v) is 3.95. The van der Waals surface area contributed by atoms with Crippen molar-refractivity contribution >= 4 is 5.91 Å². The molecule has 1 saturated heterocycles. The second-order valence-electron chi connectivity index (χ2n) is 2.62. The van der Waals surface area contributed by atoms with Crippen molar-refractivity contribution in [1.29, 1.82) is 0 Å². The molecular formula is C7H14N2O3. The number of hydrogen-bond acceptors (Lipinski definition) is 4. The van der Waals surface area contributed by atoms with Crippen LogP contribution in [0.5, 0.6) is 0 Å². The molecule has 0 spiro atoms. The van der Waals surface area contributed by atoms with Gasteiger partial charge in [0.25, 0.3) is 0 Å². The van der Waals surface area contributed by atoms with Crippen molar-refractivity contribution in [3.63, 3.8) is 0 Å². The second kappa shape index (κ2) is 5.08. The van der Waals surface area contributed by atoms with E-state index in [-0.39, 0.29) is 12.0 Å². The zero-order valence-corrected chi connectivity index (χ0v) is 7.13. The number of carbonyl (C=O) groups excluding carboxylic acids is 1. The van der Waals surface area contributed by atoms with Crippen LogP contribution in [-0.4, -0.2) is 38.9 Å². The quantitative estimate of drug-likeness (QED) is 0.539. The van der Waals surface area contributed by atoms with E-state index in [0.717, 1.165) is 0 Å². The maximum Gasteiger partial charge on any atom is 0.236 e. The molecule has 2 N–H and O–H groups in total. The van der Waals surface area contributed by atoms with Crippen molar-refractivity contribution in [1.82, 2.24) is 10.9 Å². The number of rotatable bonds is 4. The average Bonchev–Trinajstić information content (AvgIpc) is 2.05. The Hall–Kier alpha value is -0.650. The van der Waals surface area contributed by atoms with Gasteiger partial charge < -0.3 is 9.47 Å². The van der Waals surface area contributed by atoms with E-state index in [1.54, 1.807) is 7.11 Å². The van der Waals surface area contributed by atoms with E-state index in [9.17, 15) is 4.79 Å². The van der Waals surface area contributed by atoms with Gasteiger partial charge in [0.1, 0.15) is 0 Å². The van der Waals surface area contributed by atoms with Gasteiger partial charge >= 0.3 is 0 Å². The van der Waals surface area contributed by atoms with Gasteiger partial charge in [-0.2, -0.15) is 0 Å². The van der Waals surface area contributed by atoms with Crippen LogP contribution >= 0.6 is 0 Å². The minimum Gasteiger partial charge on any atom is -0.382 e. The van der Waals surface area contributed by atoms with Gasteiger partial charge in [-0.1, -0.05) is 0 Å². The lowest BCUT2D eigenvalue weighted by molar-refractivity contribution is -0.128. The summed E-state index contributed by atoms with van der Waals surface area (Å²) in [6, 6.07) is 0. The van der Waals surface area contributed by atoms with Crippen LogP contribution in [0.3, 0.4) is 0 Å². The minimum absolute atomic E-state index is 0.0195. The molecular weight excluding hydrogens is 160 g/mol. The number of hydrazine groups is 1. The van der Waals surface area contributed by atoms with Crippen molar-refractivity contribution in [3.05, 3.63) is 0 Å². The molecule has 0 radical (unpaired) electrons. The third-order valence-corrected chi connectivity index (χ3v) is 1.61. The molecule has 0 aliphatic carbocycles. The Bertz CT molecular complexity index is 152. The number of nitrogens with one attached hydrogen (secondary N) is 2. The summed E-state index contributed by atoms with van der Waals surface area (Å²) in [6.45, 7) is 1.77. The van der Waals surface area contributed by atoms with Crippen molar-refractivity contribution in [3.8, 4) is 0 Å². The van der Waals surface area contributed by atoms with Gasteiger partial charge in [-0.3, -0.25) is 10.2 Å². The molecule has 0 aromatic rings. The maximum atomic E-state index is 10.8. The Labute approximate surface area is 71.4 Å². The number of hydrogen-bond donors (Lipinski definition) is 2. The molecule has 1 rings (SSSR count). The van der Waals surface area contributed by atoms with Crippen molar-refractivity contribution in [2.24, 2.45) is 0 Å². The second-order valence-corrected chi connectivity index (χ2v) is 2.62. The molecule has 1 aliphatic rings. The molecule has 1 unspecified atom stereocenters. The molecule has 70 valence electrons. The highest BCUT2D eigenvalue weighted by atomic mass is 16.5. The summed E-state index contributed by atoms with van der Waals surface area (Å²) in [4.78, 5) is 10.8. The molecule has 12 heavy (non-hydrogen) atoms. The van der Waals surface area contributed by atoms with E-state index in [1.807, 2.05) is 0 Å². The fourth-order valence-electron chi connectivity index (χ4n) is 1.01. The van der Waals surface area contributed by atoms with Crippen LogP contribution < -0.4 is 10.9 Å². The van der Waals surface area contributed by atoms with Gasteiger partial charge in [-0.05, 0) is 0 Å². The first-order valence-electron chi connectivity index (χ1n) is 3.95. The lowest BCUT2D eigenvalue weighted by atomic mass is 10.2. The van der Waals surface area contributed by atoms with E-state index < -0.39 is 0 Å². The zero-order chi connectivity index (χ0) is 8.81. The lowest BCUT2D eigenvalue weighted by Gasteiger charge is -2.22. The smallest absolute Gasteiger partial charge is 0.236 e. The van der Waals surface area contributed by atoms with Gasteiger partial charge in [0, 0.05) is 13.7 Å². The lowest BCUT2D eigenvalue weighted by Crippen LogP contribution is -2.50. The fraction of sp³-hybridized carbons (Fsp3) is 0.857. The van der Waals surface area contributed by atoms with Gasteiger partial charge in [-0.15, -0.1) is 0 Å². The van der Waals surface area contributed by atoms with Gasteiger partial charge in [0.2, 0.25) is 5.91 Å². The predicted molar refractivity (Wildman–Crippen MR) is 42.4 cm³/mol. The average molecular weight is 174 g/mol. The highest BCUT2D eigenvalue weighted by Crippen LogP contribution is 2.00. The SMILES string of the molecule is COCCOC1CNNC(=O)C1. The minimum atomic E-state index is -0.0244. The van der Waals surface area contributed by atoms with Gasteiger partial charge in [-0.25, -0.2) is 5.43 Å². The third-order valence-electron chi connectivity index (χ3n) is 1.61. The first kappa shape index (κ1) is 9.44. The summed E-state index contributed by atoms with van der Waals surface area (Å²) in [5, 5.41) is 0. The summed E-state index contributed by atoms with van der Waals surface area (Å²) in [7, 11) is 1.62. The van der Waals surface area contributed by atoms with E-state index >= 15 is 0 Å². The van der Waals surface area contributed by atoms with E-state index in [1.165, 1.54) is 0 Å². The number of carbonyl (C=O) groups is 1. The molecule has 0 saturated carbocycles. The van der Waals surface area contributed by atoms with Crippen molar-refractivity contribution in [2.75, 3.05) is 26.9 Å². The summed E-state index contributed by atoms with van der Waals surface area (Å²) in [5.41, 5.74) is 5.25. The first-order chi connectivity index (χ1) is 5.83. The van der Waals surface area contributed by atoms with Crippen LogP contribution in [0.15, 0.2) is 0 Å². The fourth-order valence-corrected chi connectivity index (χ4v) is 1.01. The number of ether oxygens (including phenoxy) is 2. The monoisotopic (exact) mass is 174 g/mol. The molecule has 1 aliphatic heterocycles. The highest BCUT2D eigenvalue weighted by molar-refractivity contribution is 5.76. The number of amides is 1. The van der Waals surface area contributed by atoms with Crippen LogP contribution in [0.4, 0.5) is 0 Å². The summed E-state index contributed by atoms with van der Waals surface area (Å²) < 4.78 is 10.2. The summed E-state index contributed by atoms with van der Waals surface area (Å²) >= 11 is 0. The van der Waals surface area contributed by atoms with Crippen LogP contribution in [0.2, 0.25) is 0 Å². The molecule has 0 bridgehead atoms. The maximum absolute atomic E-state index is 10.8. The van der Waals surface area contributed by atoms with Crippen molar-refractivity contribution in [2.45, 2.75) is 12.5 Å². The highest BCUT2D eigenvalue weighted by Gasteiger charge is 2.18. The Morgan fingerprint density at radius 2 is 2.42 bits per heavy atom. The summed E-state index contributed by atoms with van der Waals surface area (Å²) in [6.07, 6.45) is 0.408. The predicted octanol–water partition coefficient (Wildman–Crippen LogP) is -0.957. The molecule has 0 aromatic carbocycles. The van der Waals surface area contributed by atoms with Gasteiger partial charge in [0.15, 0.2) is 0 Å². The largest absolute Gasteiger partial charge is 0.382 e. The Morgan fingerprint density at radius 3 is 3.08 bits per heavy atom. The normalized spacial score (nSPS) is 23.8. The number of methoxy groups -OCH3 is 1. The molecule has 1 atom stereocenters. The van der Waals surface area contributed by atoms with Crippen molar-refractivity contribution < 1.29 is 14.3 Å². The van der Waals surface area contributed by atoms with Gasteiger partial charge in [0.05, 0.1) is 25.7 Å². The molecule has 0 aromatic heterocycles.